The van der Waals surface area contributed by atoms with Crippen molar-refractivity contribution >= 4 is 0 Å². The second kappa shape index (κ2) is 8.52. The number of likely N-dealkylation sites (tertiary alicyclic amines) is 1. The minimum atomic E-state index is 0.489. The minimum Gasteiger partial charge on any atom is -0.383 e. The van der Waals surface area contributed by atoms with Gasteiger partial charge in [0.2, 0.25) is 0 Å². The molecular formula is C18H30N2O. The van der Waals surface area contributed by atoms with Crippen LogP contribution in [0.25, 0.3) is 0 Å². The van der Waals surface area contributed by atoms with Gasteiger partial charge in [-0.15, -0.1) is 0 Å². The van der Waals surface area contributed by atoms with Gasteiger partial charge in [-0.1, -0.05) is 44.2 Å². The predicted octanol–water partition coefficient (Wildman–Crippen LogP) is 2.91. The Morgan fingerprint density at radius 1 is 1.33 bits per heavy atom. The third kappa shape index (κ3) is 5.10. The molecule has 1 saturated heterocycles. The Bertz CT molecular complexity index is 395. The van der Waals surface area contributed by atoms with Crippen LogP contribution in [-0.2, 0) is 11.3 Å². The molecule has 118 valence electrons. The van der Waals surface area contributed by atoms with Crippen LogP contribution in [0.5, 0.6) is 0 Å². The van der Waals surface area contributed by atoms with Crippen molar-refractivity contribution in [2.75, 3.05) is 26.8 Å². The van der Waals surface area contributed by atoms with Crippen LogP contribution in [0.4, 0.5) is 0 Å². The Balaban J connectivity index is 1.81. The summed E-state index contributed by atoms with van der Waals surface area (Å²) in [6.07, 6.45) is 2.36. The van der Waals surface area contributed by atoms with Crippen LogP contribution in [0.2, 0.25) is 0 Å². The summed E-state index contributed by atoms with van der Waals surface area (Å²) in [6, 6.07) is 11.9. The van der Waals surface area contributed by atoms with Crippen molar-refractivity contribution in [3.63, 3.8) is 0 Å². The standard InChI is InChI=1S/C18H30N2O/c1-4-17(14-21-3)19-18-10-11-20(12-15(18)2)13-16-8-6-5-7-9-16/h5-9,15,17-19H,4,10-14H2,1-3H3/t15-,17+,18+/m0/s1. The number of rotatable bonds is 7. The van der Waals surface area contributed by atoms with E-state index in [0.29, 0.717) is 18.0 Å². The molecule has 0 saturated carbocycles. The molecule has 0 bridgehead atoms. The Morgan fingerprint density at radius 2 is 2.10 bits per heavy atom. The number of benzene rings is 1. The maximum atomic E-state index is 5.30. The minimum absolute atomic E-state index is 0.489. The van der Waals surface area contributed by atoms with E-state index in [4.69, 9.17) is 4.74 Å². The molecule has 1 fully saturated rings. The fourth-order valence-corrected chi connectivity index (χ4v) is 3.25. The van der Waals surface area contributed by atoms with Crippen LogP contribution in [0.3, 0.4) is 0 Å². The average molecular weight is 290 g/mol. The number of methoxy groups -OCH3 is 1. The van der Waals surface area contributed by atoms with Crippen LogP contribution in [0, 0.1) is 5.92 Å². The van der Waals surface area contributed by atoms with E-state index in [-0.39, 0.29) is 0 Å². The van der Waals surface area contributed by atoms with Gasteiger partial charge in [-0.25, -0.2) is 0 Å². The Labute approximate surface area is 129 Å². The molecule has 0 aliphatic carbocycles. The second-order valence-electron chi connectivity index (χ2n) is 6.32. The van der Waals surface area contributed by atoms with Gasteiger partial charge in [-0.2, -0.15) is 0 Å². The molecule has 1 aliphatic rings. The van der Waals surface area contributed by atoms with Crippen LogP contribution in [0.1, 0.15) is 32.3 Å². The van der Waals surface area contributed by atoms with Gasteiger partial charge in [0.05, 0.1) is 6.61 Å². The molecule has 0 spiro atoms. The Morgan fingerprint density at radius 3 is 2.71 bits per heavy atom. The monoisotopic (exact) mass is 290 g/mol. The summed E-state index contributed by atoms with van der Waals surface area (Å²) in [6.45, 7) is 8.84. The third-order valence-corrected chi connectivity index (χ3v) is 4.55. The first-order chi connectivity index (χ1) is 10.2. The zero-order chi connectivity index (χ0) is 15.1. The van der Waals surface area contributed by atoms with E-state index in [1.807, 2.05) is 0 Å². The van der Waals surface area contributed by atoms with Crippen LogP contribution < -0.4 is 5.32 Å². The summed E-state index contributed by atoms with van der Waals surface area (Å²) in [7, 11) is 1.79. The zero-order valence-corrected chi connectivity index (χ0v) is 13.7. The lowest BCUT2D eigenvalue weighted by Gasteiger charge is -2.39. The topological polar surface area (TPSA) is 24.5 Å². The quantitative estimate of drug-likeness (QED) is 0.835. The van der Waals surface area contributed by atoms with Gasteiger partial charge in [0.25, 0.3) is 0 Å². The summed E-state index contributed by atoms with van der Waals surface area (Å²) in [5.41, 5.74) is 1.42. The van der Waals surface area contributed by atoms with Gasteiger partial charge in [-0.05, 0) is 30.9 Å². The van der Waals surface area contributed by atoms with E-state index in [1.165, 1.54) is 25.1 Å². The van der Waals surface area contributed by atoms with Gasteiger partial charge in [0, 0.05) is 32.3 Å². The number of piperidine rings is 1. The number of hydrogen-bond donors (Lipinski definition) is 1. The zero-order valence-electron chi connectivity index (χ0n) is 13.7. The summed E-state index contributed by atoms with van der Waals surface area (Å²) in [4.78, 5) is 2.58. The van der Waals surface area contributed by atoms with Crippen molar-refractivity contribution in [1.82, 2.24) is 10.2 Å². The molecule has 1 aromatic rings. The lowest BCUT2D eigenvalue weighted by atomic mass is 9.92. The molecule has 21 heavy (non-hydrogen) atoms. The molecule has 1 aromatic carbocycles. The fourth-order valence-electron chi connectivity index (χ4n) is 3.25. The van der Waals surface area contributed by atoms with Crippen LogP contribution in [0.15, 0.2) is 30.3 Å². The van der Waals surface area contributed by atoms with Crippen LogP contribution >= 0.6 is 0 Å². The summed E-state index contributed by atoms with van der Waals surface area (Å²) in [5, 5.41) is 3.79. The first kappa shape index (κ1) is 16.5. The van der Waals surface area contributed by atoms with E-state index < -0.39 is 0 Å². The fraction of sp³-hybridized carbons (Fsp3) is 0.667. The summed E-state index contributed by atoms with van der Waals surface area (Å²) < 4.78 is 5.30. The Kier molecular flexibility index (Phi) is 6.68. The normalized spacial score (nSPS) is 24.9. The van der Waals surface area contributed by atoms with Crippen molar-refractivity contribution < 1.29 is 4.74 Å². The van der Waals surface area contributed by atoms with Crippen LogP contribution in [-0.4, -0.2) is 43.8 Å². The lowest BCUT2D eigenvalue weighted by molar-refractivity contribution is 0.110. The van der Waals surface area contributed by atoms with Gasteiger partial charge >= 0.3 is 0 Å². The molecule has 3 atom stereocenters. The van der Waals surface area contributed by atoms with Crippen molar-refractivity contribution in [3.05, 3.63) is 35.9 Å². The summed E-state index contributed by atoms with van der Waals surface area (Å²) in [5.74, 6) is 0.688. The van der Waals surface area contributed by atoms with Crippen molar-refractivity contribution in [2.24, 2.45) is 5.92 Å². The number of nitrogens with one attached hydrogen (secondary N) is 1. The molecule has 3 nitrogen and oxygen atoms in total. The molecular weight excluding hydrogens is 260 g/mol. The highest BCUT2D eigenvalue weighted by Gasteiger charge is 2.27. The maximum Gasteiger partial charge on any atom is 0.0615 e. The van der Waals surface area contributed by atoms with E-state index >= 15 is 0 Å². The molecule has 0 amide bonds. The molecule has 0 radical (unpaired) electrons. The molecule has 1 N–H and O–H groups in total. The van der Waals surface area contributed by atoms with E-state index in [1.54, 1.807) is 7.11 Å². The summed E-state index contributed by atoms with van der Waals surface area (Å²) >= 11 is 0. The highest BCUT2D eigenvalue weighted by atomic mass is 16.5. The van der Waals surface area contributed by atoms with E-state index in [2.05, 4.69) is 54.4 Å². The van der Waals surface area contributed by atoms with Gasteiger partial charge in [-0.3, -0.25) is 4.90 Å². The van der Waals surface area contributed by atoms with Gasteiger partial charge < -0.3 is 10.1 Å². The third-order valence-electron chi connectivity index (χ3n) is 4.55. The molecule has 0 unspecified atom stereocenters. The molecule has 1 heterocycles. The largest absolute Gasteiger partial charge is 0.383 e. The van der Waals surface area contributed by atoms with E-state index in [0.717, 1.165) is 19.6 Å². The first-order valence-corrected chi connectivity index (χ1v) is 8.24. The van der Waals surface area contributed by atoms with Crippen molar-refractivity contribution in [2.45, 2.75) is 45.3 Å². The molecule has 3 heteroatoms. The van der Waals surface area contributed by atoms with E-state index in [9.17, 15) is 0 Å². The highest BCUT2D eigenvalue weighted by molar-refractivity contribution is 5.14. The number of nitrogens with zero attached hydrogens (tertiary/aromatic N) is 1. The van der Waals surface area contributed by atoms with Crippen molar-refractivity contribution in [3.8, 4) is 0 Å². The molecule has 0 aromatic heterocycles. The number of ether oxygens (including phenoxy) is 1. The predicted molar refractivity (Wildman–Crippen MR) is 88.4 cm³/mol. The molecule has 1 aliphatic heterocycles. The number of hydrogen-bond acceptors (Lipinski definition) is 3. The Hall–Kier alpha value is -0.900. The van der Waals surface area contributed by atoms with Gasteiger partial charge in [0.1, 0.15) is 0 Å². The lowest BCUT2D eigenvalue weighted by Crippen LogP contribution is -2.51. The van der Waals surface area contributed by atoms with Gasteiger partial charge in [0.15, 0.2) is 0 Å². The van der Waals surface area contributed by atoms with Crippen molar-refractivity contribution in [1.29, 1.82) is 0 Å². The second-order valence-corrected chi connectivity index (χ2v) is 6.32. The average Bonchev–Trinajstić information content (AvgIpc) is 2.50. The first-order valence-electron chi connectivity index (χ1n) is 8.24. The maximum absolute atomic E-state index is 5.30. The SMILES string of the molecule is CC[C@H](COC)N[C@@H]1CCN(Cc2ccccc2)C[C@@H]1C. The molecule has 2 rings (SSSR count). The highest BCUT2D eigenvalue weighted by Crippen LogP contribution is 2.19. The smallest absolute Gasteiger partial charge is 0.0615 e.